The van der Waals surface area contributed by atoms with E-state index in [-0.39, 0.29) is 12.0 Å². The summed E-state index contributed by atoms with van der Waals surface area (Å²) in [5, 5.41) is 8.99. The summed E-state index contributed by atoms with van der Waals surface area (Å²) in [5.41, 5.74) is 2.95. The van der Waals surface area contributed by atoms with E-state index in [2.05, 4.69) is 28.0 Å². The Balaban J connectivity index is 1.31. The molecule has 0 radical (unpaired) electrons. The molecular formula is C26H31N3O2. The van der Waals surface area contributed by atoms with Crippen LogP contribution in [0.3, 0.4) is 0 Å². The van der Waals surface area contributed by atoms with Crippen LogP contribution in [0.1, 0.15) is 42.9 Å². The van der Waals surface area contributed by atoms with Gasteiger partial charge in [-0.3, -0.25) is 4.90 Å². The maximum Gasteiger partial charge on any atom is 0.327 e. The SMILES string of the molecule is COC(=O)C(c1ccccc1)N1CCC(C2CCN(c3ccc(C#N)cc3)CC2)CC1. The number of methoxy groups -OCH3 is 1. The quantitative estimate of drug-likeness (QED) is 0.675. The number of carbonyl (C=O) groups excluding carboxylic acids is 1. The fourth-order valence-electron chi connectivity index (χ4n) is 5.27. The molecule has 2 aliphatic heterocycles. The van der Waals surface area contributed by atoms with E-state index in [0.29, 0.717) is 5.56 Å². The van der Waals surface area contributed by atoms with Crippen molar-refractivity contribution in [2.45, 2.75) is 31.7 Å². The van der Waals surface area contributed by atoms with Crippen LogP contribution in [0.15, 0.2) is 54.6 Å². The lowest BCUT2D eigenvalue weighted by molar-refractivity contribution is -0.148. The second-order valence-electron chi connectivity index (χ2n) is 8.69. The molecule has 0 saturated carbocycles. The molecule has 1 unspecified atom stereocenters. The minimum Gasteiger partial charge on any atom is -0.468 e. The number of hydrogen-bond acceptors (Lipinski definition) is 5. The number of nitriles is 1. The minimum absolute atomic E-state index is 0.166. The summed E-state index contributed by atoms with van der Waals surface area (Å²) in [4.78, 5) is 17.3. The Morgan fingerprint density at radius 3 is 2.06 bits per heavy atom. The average Bonchev–Trinajstić information content (AvgIpc) is 2.85. The average molecular weight is 418 g/mol. The van der Waals surface area contributed by atoms with Crippen molar-refractivity contribution in [3.8, 4) is 6.07 Å². The van der Waals surface area contributed by atoms with Crippen LogP contribution in [-0.4, -0.2) is 44.2 Å². The van der Waals surface area contributed by atoms with Gasteiger partial charge >= 0.3 is 5.97 Å². The molecule has 0 N–H and O–H groups in total. The van der Waals surface area contributed by atoms with Crippen molar-refractivity contribution in [1.29, 1.82) is 5.26 Å². The van der Waals surface area contributed by atoms with Crippen LogP contribution in [0.5, 0.6) is 0 Å². The Bertz CT molecular complexity index is 890. The van der Waals surface area contributed by atoms with Gasteiger partial charge in [0.25, 0.3) is 0 Å². The van der Waals surface area contributed by atoms with Crippen LogP contribution in [0.2, 0.25) is 0 Å². The van der Waals surface area contributed by atoms with Gasteiger partial charge in [-0.2, -0.15) is 5.26 Å². The molecule has 2 saturated heterocycles. The fourth-order valence-corrected chi connectivity index (χ4v) is 5.27. The van der Waals surface area contributed by atoms with Gasteiger partial charge in [-0.25, -0.2) is 4.79 Å². The zero-order chi connectivity index (χ0) is 21.6. The Hall–Kier alpha value is -2.84. The Morgan fingerprint density at radius 1 is 0.935 bits per heavy atom. The number of piperidine rings is 2. The van der Waals surface area contributed by atoms with E-state index >= 15 is 0 Å². The van der Waals surface area contributed by atoms with Crippen LogP contribution in [0.4, 0.5) is 5.69 Å². The molecule has 5 heteroatoms. The molecule has 162 valence electrons. The summed E-state index contributed by atoms with van der Waals surface area (Å²) < 4.78 is 5.13. The van der Waals surface area contributed by atoms with E-state index in [9.17, 15) is 4.79 Å². The number of esters is 1. The number of benzene rings is 2. The summed E-state index contributed by atoms with van der Waals surface area (Å²) in [6.45, 7) is 4.03. The molecule has 5 nitrogen and oxygen atoms in total. The molecule has 0 aliphatic carbocycles. The largest absolute Gasteiger partial charge is 0.468 e. The number of carbonyl (C=O) groups is 1. The third-order valence-corrected chi connectivity index (χ3v) is 7.05. The number of rotatable bonds is 5. The highest BCUT2D eigenvalue weighted by Gasteiger charge is 2.35. The number of anilines is 1. The van der Waals surface area contributed by atoms with Crippen molar-refractivity contribution in [3.05, 3.63) is 65.7 Å². The molecular weight excluding hydrogens is 386 g/mol. The van der Waals surface area contributed by atoms with E-state index in [4.69, 9.17) is 10.00 Å². The molecule has 2 heterocycles. The molecule has 0 amide bonds. The summed E-state index contributed by atoms with van der Waals surface area (Å²) >= 11 is 0. The zero-order valence-corrected chi connectivity index (χ0v) is 18.2. The van der Waals surface area contributed by atoms with Crippen molar-refractivity contribution in [2.24, 2.45) is 11.8 Å². The lowest BCUT2D eigenvalue weighted by atomic mass is 9.78. The number of hydrogen-bond donors (Lipinski definition) is 0. The third-order valence-electron chi connectivity index (χ3n) is 7.05. The molecule has 1 atom stereocenters. The third kappa shape index (κ3) is 4.91. The van der Waals surface area contributed by atoms with E-state index in [1.807, 2.05) is 42.5 Å². The van der Waals surface area contributed by atoms with Crippen molar-refractivity contribution >= 4 is 11.7 Å². The number of ether oxygens (including phenoxy) is 1. The molecule has 31 heavy (non-hydrogen) atoms. The van der Waals surface area contributed by atoms with Crippen molar-refractivity contribution < 1.29 is 9.53 Å². The zero-order valence-electron chi connectivity index (χ0n) is 18.2. The van der Waals surface area contributed by atoms with Gasteiger partial charge in [0.15, 0.2) is 0 Å². The molecule has 4 rings (SSSR count). The summed E-state index contributed by atoms with van der Waals surface area (Å²) in [5.74, 6) is 1.32. The van der Waals surface area contributed by atoms with Crippen molar-refractivity contribution in [1.82, 2.24) is 4.90 Å². The predicted molar refractivity (Wildman–Crippen MR) is 122 cm³/mol. The molecule has 0 spiro atoms. The lowest BCUT2D eigenvalue weighted by Crippen LogP contribution is -2.43. The van der Waals surface area contributed by atoms with Crippen LogP contribution < -0.4 is 4.90 Å². The van der Waals surface area contributed by atoms with E-state index in [1.54, 1.807) is 0 Å². The van der Waals surface area contributed by atoms with Crippen LogP contribution in [0.25, 0.3) is 0 Å². The first-order chi connectivity index (χ1) is 15.2. The topological polar surface area (TPSA) is 56.6 Å². The van der Waals surface area contributed by atoms with Crippen molar-refractivity contribution in [2.75, 3.05) is 38.2 Å². The fraction of sp³-hybridized carbons (Fsp3) is 0.462. The summed E-state index contributed by atoms with van der Waals surface area (Å²) in [7, 11) is 1.48. The Kier molecular flexibility index (Phi) is 6.89. The van der Waals surface area contributed by atoms with E-state index in [0.717, 1.165) is 56.4 Å². The van der Waals surface area contributed by atoms with Crippen LogP contribution in [-0.2, 0) is 9.53 Å². The van der Waals surface area contributed by atoms with Crippen LogP contribution >= 0.6 is 0 Å². The lowest BCUT2D eigenvalue weighted by Gasteiger charge is -2.42. The highest BCUT2D eigenvalue weighted by Crippen LogP contribution is 2.36. The Labute approximate surface area is 185 Å². The van der Waals surface area contributed by atoms with E-state index < -0.39 is 0 Å². The van der Waals surface area contributed by atoms with Gasteiger partial charge in [-0.1, -0.05) is 30.3 Å². The molecule has 2 aromatic carbocycles. The van der Waals surface area contributed by atoms with Crippen molar-refractivity contribution in [3.63, 3.8) is 0 Å². The van der Waals surface area contributed by atoms with Gasteiger partial charge in [0.1, 0.15) is 6.04 Å². The second kappa shape index (κ2) is 9.98. The first kappa shape index (κ1) is 21.4. The predicted octanol–water partition coefficient (Wildman–Crippen LogP) is 4.40. The number of likely N-dealkylation sites (tertiary alicyclic amines) is 1. The second-order valence-corrected chi connectivity index (χ2v) is 8.69. The molecule has 2 aromatic rings. The molecule has 2 fully saturated rings. The molecule has 0 bridgehead atoms. The molecule has 0 aromatic heterocycles. The van der Waals surface area contributed by atoms with Gasteiger partial charge in [0.05, 0.1) is 18.7 Å². The first-order valence-electron chi connectivity index (χ1n) is 11.3. The smallest absolute Gasteiger partial charge is 0.327 e. The molecule has 2 aliphatic rings. The van der Waals surface area contributed by atoms with Crippen LogP contribution in [0, 0.1) is 23.2 Å². The van der Waals surface area contributed by atoms with E-state index in [1.165, 1.54) is 25.6 Å². The maximum atomic E-state index is 12.5. The summed E-state index contributed by atoms with van der Waals surface area (Å²) in [6.07, 6.45) is 4.71. The standard InChI is InChI=1S/C26H31N3O2/c1-31-26(30)25(23-5-3-2-4-6-23)29-17-13-22(14-18-29)21-11-15-28(16-12-21)24-9-7-20(19-27)8-10-24/h2-10,21-22,25H,11-18H2,1H3. The summed E-state index contributed by atoms with van der Waals surface area (Å²) in [6, 6.07) is 19.8. The van der Waals surface area contributed by atoms with Gasteiger partial charge in [0.2, 0.25) is 0 Å². The van der Waals surface area contributed by atoms with Gasteiger partial charge < -0.3 is 9.64 Å². The van der Waals surface area contributed by atoms with Gasteiger partial charge in [-0.05, 0) is 80.4 Å². The minimum atomic E-state index is -0.301. The first-order valence-corrected chi connectivity index (χ1v) is 11.3. The number of nitrogens with zero attached hydrogens (tertiary/aromatic N) is 3. The Morgan fingerprint density at radius 2 is 1.52 bits per heavy atom. The highest BCUT2D eigenvalue weighted by molar-refractivity contribution is 5.77. The normalized spacial score (nSPS) is 19.5. The maximum absolute atomic E-state index is 12.5. The van der Waals surface area contributed by atoms with Gasteiger partial charge in [0, 0.05) is 18.8 Å². The van der Waals surface area contributed by atoms with Gasteiger partial charge in [-0.15, -0.1) is 0 Å². The highest BCUT2D eigenvalue weighted by atomic mass is 16.5. The monoisotopic (exact) mass is 417 g/mol.